The maximum absolute atomic E-state index is 12.9. The van der Waals surface area contributed by atoms with Gasteiger partial charge in [-0.05, 0) is 31.0 Å². The third-order valence-electron chi connectivity index (χ3n) is 6.98. The van der Waals surface area contributed by atoms with Gasteiger partial charge in [0.05, 0.1) is 18.4 Å². The van der Waals surface area contributed by atoms with Crippen LogP contribution in [0.25, 0.3) is 11.0 Å². The lowest BCUT2D eigenvalue weighted by atomic mass is 10.2. The zero-order chi connectivity index (χ0) is 25.2. The Morgan fingerprint density at radius 2 is 1.83 bits per heavy atom. The van der Waals surface area contributed by atoms with E-state index in [4.69, 9.17) is 10.1 Å². The molecule has 5 rings (SSSR count). The molecule has 2 aliphatic rings. The summed E-state index contributed by atoms with van der Waals surface area (Å²) in [7, 11) is 3.53. The largest absolute Gasteiger partial charge is 0.480 e. The maximum Gasteiger partial charge on any atom is 0.317 e. The summed E-state index contributed by atoms with van der Waals surface area (Å²) in [6.45, 7) is 3.01. The van der Waals surface area contributed by atoms with Crippen LogP contribution in [0.3, 0.4) is 0 Å². The van der Waals surface area contributed by atoms with Gasteiger partial charge in [0.1, 0.15) is 17.2 Å². The topological polar surface area (TPSA) is 120 Å². The summed E-state index contributed by atoms with van der Waals surface area (Å²) in [5.74, 6) is 0.241. The Balaban J connectivity index is 1.33. The van der Waals surface area contributed by atoms with Gasteiger partial charge in [0.2, 0.25) is 5.95 Å². The molecule has 3 aromatic rings. The van der Waals surface area contributed by atoms with Crippen LogP contribution >= 0.6 is 0 Å². The number of aromatic nitrogens is 4. The summed E-state index contributed by atoms with van der Waals surface area (Å²) in [5, 5.41) is 13.0. The average molecular weight is 493 g/mol. The molecule has 1 aliphatic heterocycles. The van der Waals surface area contributed by atoms with Gasteiger partial charge >= 0.3 is 5.97 Å². The molecule has 0 aromatic carbocycles. The smallest absolute Gasteiger partial charge is 0.317 e. The first-order valence-electron chi connectivity index (χ1n) is 12.4. The molecule has 0 atom stereocenters. The number of piperazine rings is 1. The summed E-state index contributed by atoms with van der Waals surface area (Å²) in [4.78, 5) is 43.4. The van der Waals surface area contributed by atoms with E-state index < -0.39 is 5.97 Å². The Morgan fingerprint density at radius 3 is 2.47 bits per heavy atom. The van der Waals surface area contributed by atoms with E-state index in [-0.39, 0.29) is 18.5 Å². The number of pyridine rings is 1. The van der Waals surface area contributed by atoms with Crippen LogP contribution in [0, 0.1) is 0 Å². The number of fused-ring (bicyclic) bond motifs is 1. The molecule has 11 nitrogen and oxygen atoms in total. The van der Waals surface area contributed by atoms with Gasteiger partial charge in [0, 0.05) is 57.9 Å². The summed E-state index contributed by atoms with van der Waals surface area (Å²) < 4.78 is 2.10. The number of anilines is 3. The zero-order valence-electron chi connectivity index (χ0n) is 20.7. The fourth-order valence-corrected chi connectivity index (χ4v) is 5.11. The molecule has 4 heterocycles. The van der Waals surface area contributed by atoms with Crippen molar-refractivity contribution in [1.29, 1.82) is 0 Å². The highest BCUT2D eigenvalue weighted by Gasteiger charge is 2.26. The molecule has 11 heteroatoms. The highest BCUT2D eigenvalue weighted by molar-refractivity contribution is 5.97. The van der Waals surface area contributed by atoms with Crippen LogP contribution in [0.15, 0.2) is 30.6 Å². The van der Waals surface area contributed by atoms with Gasteiger partial charge < -0.3 is 24.8 Å². The first-order valence-corrected chi connectivity index (χ1v) is 12.4. The Kier molecular flexibility index (Phi) is 6.73. The second-order valence-electron chi connectivity index (χ2n) is 9.69. The number of nitrogens with zero attached hydrogens (tertiary/aromatic N) is 7. The molecule has 0 bridgehead atoms. The monoisotopic (exact) mass is 492 g/mol. The van der Waals surface area contributed by atoms with Crippen LogP contribution in [0.4, 0.5) is 17.5 Å². The quantitative estimate of drug-likeness (QED) is 0.513. The molecule has 1 saturated carbocycles. The summed E-state index contributed by atoms with van der Waals surface area (Å²) in [5.41, 5.74) is 2.41. The van der Waals surface area contributed by atoms with E-state index in [0.717, 1.165) is 55.5 Å². The number of carbonyl (C=O) groups is 2. The molecule has 0 radical (unpaired) electrons. The van der Waals surface area contributed by atoms with Gasteiger partial charge in [-0.2, -0.15) is 4.98 Å². The normalized spacial score (nSPS) is 17.0. The minimum Gasteiger partial charge on any atom is -0.480 e. The van der Waals surface area contributed by atoms with Crippen LogP contribution < -0.4 is 10.2 Å². The van der Waals surface area contributed by atoms with Crippen molar-refractivity contribution in [2.45, 2.75) is 31.7 Å². The molecular weight excluding hydrogens is 460 g/mol. The Morgan fingerprint density at radius 1 is 1.08 bits per heavy atom. The van der Waals surface area contributed by atoms with Crippen LogP contribution in [-0.4, -0.2) is 93.1 Å². The predicted molar refractivity (Wildman–Crippen MR) is 137 cm³/mol. The van der Waals surface area contributed by atoms with Crippen molar-refractivity contribution >= 4 is 40.4 Å². The first-order chi connectivity index (χ1) is 17.4. The van der Waals surface area contributed by atoms with Gasteiger partial charge in [0.25, 0.3) is 5.91 Å². The van der Waals surface area contributed by atoms with Crippen molar-refractivity contribution in [3.8, 4) is 0 Å². The van der Waals surface area contributed by atoms with Crippen LogP contribution in [0.1, 0.15) is 42.2 Å². The number of carbonyl (C=O) groups excluding carboxylic acids is 1. The van der Waals surface area contributed by atoms with E-state index in [1.54, 1.807) is 25.2 Å². The Hall–Kier alpha value is -3.73. The van der Waals surface area contributed by atoms with Crippen molar-refractivity contribution in [2.24, 2.45) is 0 Å². The number of rotatable bonds is 7. The standard InChI is InChI=1S/C25H32N8O3/c1-30(2)24(36)20-13-17-14-27-25(29-23(17)33(20)18-5-3-4-6-18)28-21-8-7-19(15-26-21)32-11-9-31(10-12-32)16-22(34)35/h7-8,13-15,18H,3-6,9-12,16H2,1-2H3,(H,34,35)(H,26,27,28,29). The van der Waals surface area contributed by atoms with Crippen LogP contribution in [0.2, 0.25) is 0 Å². The second-order valence-corrected chi connectivity index (χ2v) is 9.69. The third kappa shape index (κ3) is 4.97. The van der Waals surface area contributed by atoms with Crippen molar-refractivity contribution in [3.05, 3.63) is 36.3 Å². The Bertz CT molecular complexity index is 1240. The van der Waals surface area contributed by atoms with Gasteiger partial charge in [-0.25, -0.2) is 9.97 Å². The SMILES string of the molecule is CN(C)C(=O)c1cc2cnc(Nc3ccc(N4CCN(CC(=O)O)CC4)cn3)nc2n1C1CCCC1. The third-order valence-corrected chi connectivity index (χ3v) is 6.98. The number of nitrogens with one attached hydrogen (secondary N) is 1. The molecule has 1 amide bonds. The number of aliphatic carboxylic acids is 1. The molecule has 2 N–H and O–H groups in total. The molecular formula is C25H32N8O3. The summed E-state index contributed by atoms with van der Waals surface area (Å²) in [6, 6.07) is 6.04. The van der Waals surface area contributed by atoms with Crippen molar-refractivity contribution in [1.82, 2.24) is 29.3 Å². The molecule has 3 aromatic heterocycles. The average Bonchev–Trinajstić information content (AvgIpc) is 3.52. The van der Waals surface area contributed by atoms with E-state index in [9.17, 15) is 9.59 Å². The van der Waals surface area contributed by atoms with E-state index in [2.05, 4.69) is 24.8 Å². The maximum atomic E-state index is 12.9. The highest BCUT2D eigenvalue weighted by Crippen LogP contribution is 2.35. The predicted octanol–water partition coefficient (Wildman–Crippen LogP) is 2.59. The first kappa shape index (κ1) is 24.0. The number of carboxylic acids is 1. The van der Waals surface area contributed by atoms with E-state index >= 15 is 0 Å². The van der Waals surface area contributed by atoms with Gasteiger partial charge in [-0.15, -0.1) is 0 Å². The number of amides is 1. The van der Waals surface area contributed by atoms with E-state index in [0.29, 0.717) is 30.5 Å². The number of hydrogen-bond acceptors (Lipinski definition) is 8. The van der Waals surface area contributed by atoms with Crippen LogP contribution in [-0.2, 0) is 4.79 Å². The molecule has 0 unspecified atom stereocenters. The van der Waals surface area contributed by atoms with Gasteiger partial charge in [-0.1, -0.05) is 12.8 Å². The van der Waals surface area contributed by atoms with E-state index in [1.807, 2.05) is 29.3 Å². The lowest BCUT2D eigenvalue weighted by molar-refractivity contribution is -0.138. The van der Waals surface area contributed by atoms with Crippen molar-refractivity contribution < 1.29 is 14.7 Å². The zero-order valence-corrected chi connectivity index (χ0v) is 20.7. The van der Waals surface area contributed by atoms with Crippen molar-refractivity contribution in [2.75, 3.05) is 57.0 Å². The molecule has 190 valence electrons. The highest BCUT2D eigenvalue weighted by atomic mass is 16.4. The second kappa shape index (κ2) is 10.1. The fraction of sp³-hybridized carbons (Fsp3) is 0.480. The molecule has 0 spiro atoms. The van der Waals surface area contributed by atoms with Gasteiger partial charge in [-0.3, -0.25) is 14.5 Å². The molecule has 2 fully saturated rings. The van der Waals surface area contributed by atoms with Crippen molar-refractivity contribution in [3.63, 3.8) is 0 Å². The molecule has 1 aliphatic carbocycles. The lowest BCUT2D eigenvalue weighted by Gasteiger charge is -2.35. The Labute approximate surface area is 209 Å². The summed E-state index contributed by atoms with van der Waals surface area (Å²) >= 11 is 0. The molecule has 36 heavy (non-hydrogen) atoms. The van der Waals surface area contributed by atoms with Crippen LogP contribution in [0.5, 0.6) is 0 Å². The molecule has 1 saturated heterocycles. The minimum absolute atomic E-state index is 0.0320. The lowest BCUT2D eigenvalue weighted by Crippen LogP contribution is -2.48. The van der Waals surface area contributed by atoms with E-state index in [1.165, 1.54) is 0 Å². The van der Waals surface area contributed by atoms with Gasteiger partial charge in [0.15, 0.2) is 0 Å². The fourth-order valence-electron chi connectivity index (χ4n) is 5.11. The number of carboxylic acid groups (broad SMARTS) is 1. The number of hydrogen-bond donors (Lipinski definition) is 2. The summed E-state index contributed by atoms with van der Waals surface area (Å²) in [6.07, 6.45) is 7.95. The minimum atomic E-state index is -0.794.